The van der Waals surface area contributed by atoms with Crippen LogP contribution >= 0.6 is 0 Å². The molecule has 0 aromatic heterocycles. The molecule has 1 unspecified atom stereocenters. The van der Waals surface area contributed by atoms with Crippen molar-refractivity contribution in [2.75, 3.05) is 7.11 Å². The highest BCUT2D eigenvalue weighted by Crippen LogP contribution is 2.31. The Morgan fingerprint density at radius 1 is 1.38 bits per heavy atom. The van der Waals surface area contributed by atoms with E-state index in [1.807, 2.05) is 0 Å². The van der Waals surface area contributed by atoms with Crippen LogP contribution in [0.1, 0.15) is 51.9 Å². The Morgan fingerprint density at radius 2 is 2.00 bits per heavy atom. The summed E-state index contributed by atoms with van der Waals surface area (Å²) in [5.74, 6) is 1.53. The van der Waals surface area contributed by atoms with E-state index in [9.17, 15) is 4.79 Å². The SMILES string of the molecule is COC(=O)CCC(N)CC1CCC(C)CC1. The molecule has 0 spiro atoms. The van der Waals surface area contributed by atoms with E-state index >= 15 is 0 Å². The predicted octanol–water partition coefficient (Wildman–Crippen LogP) is 2.48. The molecule has 0 aromatic rings. The van der Waals surface area contributed by atoms with Gasteiger partial charge in [-0.1, -0.05) is 32.6 Å². The van der Waals surface area contributed by atoms with E-state index < -0.39 is 0 Å². The van der Waals surface area contributed by atoms with Gasteiger partial charge in [-0.3, -0.25) is 4.79 Å². The smallest absolute Gasteiger partial charge is 0.305 e. The highest BCUT2D eigenvalue weighted by Gasteiger charge is 2.20. The van der Waals surface area contributed by atoms with Crippen molar-refractivity contribution < 1.29 is 9.53 Å². The maximum atomic E-state index is 11.0. The fourth-order valence-electron chi connectivity index (χ4n) is 2.52. The van der Waals surface area contributed by atoms with Gasteiger partial charge in [0.1, 0.15) is 0 Å². The lowest BCUT2D eigenvalue weighted by Gasteiger charge is -2.28. The minimum Gasteiger partial charge on any atom is -0.469 e. The number of carbonyl (C=O) groups excluding carboxylic acids is 1. The second kappa shape index (κ2) is 6.89. The zero-order valence-corrected chi connectivity index (χ0v) is 10.6. The van der Waals surface area contributed by atoms with E-state index in [0.29, 0.717) is 6.42 Å². The van der Waals surface area contributed by atoms with Gasteiger partial charge >= 0.3 is 5.97 Å². The van der Waals surface area contributed by atoms with Gasteiger partial charge in [0.05, 0.1) is 7.11 Å². The Balaban J connectivity index is 2.13. The van der Waals surface area contributed by atoms with Crippen LogP contribution in [0.3, 0.4) is 0 Å². The summed E-state index contributed by atoms with van der Waals surface area (Å²) in [5.41, 5.74) is 6.03. The second-order valence-electron chi connectivity index (χ2n) is 5.24. The molecule has 1 aliphatic rings. The molecule has 0 heterocycles. The fraction of sp³-hybridized carbons (Fsp3) is 0.923. The van der Waals surface area contributed by atoms with E-state index in [0.717, 1.165) is 24.7 Å². The molecule has 0 amide bonds. The van der Waals surface area contributed by atoms with Crippen molar-refractivity contribution in [2.45, 2.75) is 57.9 Å². The first-order valence-corrected chi connectivity index (χ1v) is 6.44. The number of hydrogen-bond acceptors (Lipinski definition) is 3. The Labute approximate surface area is 98.7 Å². The molecular formula is C13H25NO2. The summed E-state index contributed by atoms with van der Waals surface area (Å²) in [6.45, 7) is 2.33. The molecule has 1 rings (SSSR count). The summed E-state index contributed by atoms with van der Waals surface area (Å²) in [6.07, 6.45) is 7.60. The van der Waals surface area contributed by atoms with E-state index in [1.165, 1.54) is 32.8 Å². The molecule has 0 saturated heterocycles. The first-order chi connectivity index (χ1) is 7.61. The third-order valence-electron chi connectivity index (χ3n) is 3.72. The highest BCUT2D eigenvalue weighted by atomic mass is 16.5. The standard InChI is InChI=1S/C13H25NO2/c1-10-3-5-11(6-4-10)9-12(14)7-8-13(15)16-2/h10-12H,3-9,14H2,1-2H3. The van der Waals surface area contributed by atoms with Crippen LogP contribution in [0.15, 0.2) is 0 Å². The second-order valence-corrected chi connectivity index (χ2v) is 5.24. The molecule has 3 heteroatoms. The van der Waals surface area contributed by atoms with Crippen LogP contribution in [0.5, 0.6) is 0 Å². The number of nitrogens with two attached hydrogens (primary N) is 1. The molecule has 1 saturated carbocycles. The molecule has 1 fully saturated rings. The van der Waals surface area contributed by atoms with Gasteiger partial charge in [0.25, 0.3) is 0 Å². The van der Waals surface area contributed by atoms with Gasteiger partial charge in [-0.15, -0.1) is 0 Å². The molecule has 0 aliphatic heterocycles. The number of rotatable bonds is 5. The molecule has 1 aliphatic carbocycles. The zero-order chi connectivity index (χ0) is 12.0. The van der Waals surface area contributed by atoms with Gasteiger partial charge in [0.2, 0.25) is 0 Å². The van der Waals surface area contributed by atoms with Crippen LogP contribution in [-0.2, 0) is 9.53 Å². The van der Waals surface area contributed by atoms with Crippen LogP contribution < -0.4 is 5.73 Å². The summed E-state index contributed by atoms with van der Waals surface area (Å²) in [4.78, 5) is 11.0. The van der Waals surface area contributed by atoms with Crippen molar-refractivity contribution in [1.29, 1.82) is 0 Å². The molecule has 0 bridgehead atoms. The maximum absolute atomic E-state index is 11.0. The van der Waals surface area contributed by atoms with Gasteiger partial charge in [0.15, 0.2) is 0 Å². The van der Waals surface area contributed by atoms with Crippen LogP contribution in [-0.4, -0.2) is 19.1 Å². The first-order valence-electron chi connectivity index (χ1n) is 6.44. The molecule has 16 heavy (non-hydrogen) atoms. The zero-order valence-electron chi connectivity index (χ0n) is 10.6. The van der Waals surface area contributed by atoms with E-state index in [1.54, 1.807) is 0 Å². The van der Waals surface area contributed by atoms with Gasteiger partial charge in [0, 0.05) is 12.5 Å². The average Bonchev–Trinajstić information content (AvgIpc) is 2.29. The summed E-state index contributed by atoms with van der Waals surface area (Å²) in [6, 6.07) is 0.164. The molecule has 0 radical (unpaired) electrons. The lowest BCUT2D eigenvalue weighted by molar-refractivity contribution is -0.140. The van der Waals surface area contributed by atoms with Crippen LogP contribution in [0.4, 0.5) is 0 Å². The summed E-state index contributed by atoms with van der Waals surface area (Å²) < 4.78 is 4.61. The number of esters is 1. The van der Waals surface area contributed by atoms with Gasteiger partial charge in [-0.05, 0) is 24.7 Å². The fourth-order valence-corrected chi connectivity index (χ4v) is 2.52. The molecule has 94 valence electrons. The Morgan fingerprint density at radius 3 is 2.56 bits per heavy atom. The molecule has 2 N–H and O–H groups in total. The van der Waals surface area contributed by atoms with Crippen molar-refractivity contribution in [3.05, 3.63) is 0 Å². The number of carbonyl (C=O) groups is 1. The molecular weight excluding hydrogens is 202 g/mol. The van der Waals surface area contributed by atoms with E-state index in [-0.39, 0.29) is 12.0 Å². The first kappa shape index (κ1) is 13.5. The van der Waals surface area contributed by atoms with Gasteiger partial charge < -0.3 is 10.5 Å². The monoisotopic (exact) mass is 227 g/mol. The molecule has 1 atom stereocenters. The lowest BCUT2D eigenvalue weighted by Crippen LogP contribution is -2.26. The minimum absolute atomic E-state index is 0.146. The number of methoxy groups -OCH3 is 1. The van der Waals surface area contributed by atoms with Gasteiger partial charge in [-0.2, -0.15) is 0 Å². The van der Waals surface area contributed by atoms with Gasteiger partial charge in [-0.25, -0.2) is 0 Å². The predicted molar refractivity (Wildman–Crippen MR) is 65.0 cm³/mol. The molecule has 0 aromatic carbocycles. The summed E-state index contributed by atoms with van der Waals surface area (Å²) in [5, 5.41) is 0. The quantitative estimate of drug-likeness (QED) is 0.734. The number of ether oxygens (including phenoxy) is 1. The summed E-state index contributed by atoms with van der Waals surface area (Å²) >= 11 is 0. The van der Waals surface area contributed by atoms with E-state index in [4.69, 9.17) is 5.73 Å². The van der Waals surface area contributed by atoms with Crippen molar-refractivity contribution in [1.82, 2.24) is 0 Å². The van der Waals surface area contributed by atoms with Crippen molar-refractivity contribution in [3.8, 4) is 0 Å². The van der Waals surface area contributed by atoms with Crippen LogP contribution in [0.2, 0.25) is 0 Å². The van der Waals surface area contributed by atoms with Crippen molar-refractivity contribution in [3.63, 3.8) is 0 Å². The largest absolute Gasteiger partial charge is 0.469 e. The maximum Gasteiger partial charge on any atom is 0.305 e. The average molecular weight is 227 g/mol. The summed E-state index contributed by atoms with van der Waals surface area (Å²) in [7, 11) is 1.43. The van der Waals surface area contributed by atoms with Crippen LogP contribution in [0, 0.1) is 11.8 Å². The number of hydrogen-bond donors (Lipinski definition) is 1. The molecule has 3 nitrogen and oxygen atoms in total. The van der Waals surface area contributed by atoms with Crippen LogP contribution in [0.25, 0.3) is 0 Å². The minimum atomic E-state index is -0.146. The third-order valence-corrected chi connectivity index (χ3v) is 3.72. The Hall–Kier alpha value is -0.570. The van der Waals surface area contributed by atoms with Crippen molar-refractivity contribution >= 4 is 5.97 Å². The van der Waals surface area contributed by atoms with Crippen molar-refractivity contribution in [2.24, 2.45) is 17.6 Å². The third kappa shape index (κ3) is 4.97. The Bertz CT molecular complexity index is 210. The lowest BCUT2D eigenvalue weighted by atomic mass is 9.80. The highest BCUT2D eigenvalue weighted by molar-refractivity contribution is 5.69. The topological polar surface area (TPSA) is 52.3 Å². The Kier molecular flexibility index (Phi) is 5.81. The normalized spacial score (nSPS) is 27.4. The van der Waals surface area contributed by atoms with E-state index in [2.05, 4.69) is 11.7 Å².